The van der Waals surface area contributed by atoms with Crippen LogP contribution in [0, 0.1) is 0 Å². The number of benzene rings is 2. The third kappa shape index (κ3) is 2.28. The molecule has 0 fully saturated rings. The molecular weight excluding hydrogens is 309 g/mol. The summed E-state index contributed by atoms with van der Waals surface area (Å²) in [5, 5.41) is 0. The normalized spacial score (nSPS) is 10.7. The Morgan fingerprint density at radius 1 is 0.762 bits per heavy atom. The van der Waals surface area contributed by atoms with E-state index in [-0.39, 0.29) is 16.8 Å². The molecule has 2 aromatic carbocycles. The van der Waals surface area contributed by atoms with E-state index in [1.807, 2.05) is 60.5 Å². The van der Waals surface area contributed by atoms with Gasteiger partial charge in [0.15, 0.2) is 0 Å². The Balaban J connectivity index is 0.00000132. The molecule has 0 spiro atoms. The number of anilines is 2. The Hall–Kier alpha value is -2.31. The molecule has 21 heavy (non-hydrogen) atoms. The number of fused-ring (bicyclic) bond motifs is 2. The minimum absolute atomic E-state index is 0. The molecular formula is C15H13CoN5. The summed E-state index contributed by atoms with van der Waals surface area (Å²) in [7, 11) is 1.94. The van der Waals surface area contributed by atoms with E-state index in [9.17, 15) is 0 Å². The van der Waals surface area contributed by atoms with E-state index in [1.165, 1.54) is 0 Å². The number of imidazole rings is 2. The molecule has 0 atom stereocenters. The molecule has 0 aliphatic rings. The van der Waals surface area contributed by atoms with Gasteiger partial charge in [-0.05, 0) is 24.3 Å². The monoisotopic (exact) mass is 322 g/mol. The molecule has 0 unspecified atom stereocenters. The number of aromatic nitrogens is 4. The molecule has 0 bridgehead atoms. The maximum atomic E-state index is 4.57. The van der Waals surface area contributed by atoms with Crippen LogP contribution in [0.1, 0.15) is 0 Å². The third-order valence-electron chi connectivity index (χ3n) is 3.39. The SMILES string of the molecule is CN(c1nc2ccccc2[nH]1)c1nc2ccccc2[nH]1.[Co]. The summed E-state index contributed by atoms with van der Waals surface area (Å²) >= 11 is 0. The first-order valence-corrected chi connectivity index (χ1v) is 6.44. The smallest absolute Gasteiger partial charge is 0.210 e. The maximum absolute atomic E-state index is 4.57. The summed E-state index contributed by atoms with van der Waals surface area (Å²) in [4.78, 5) is 17.6. The van der Waals surface area contributed by atoms with Gasteiger partial charge in [-0.25, -0.2) is 9.97 Å². The van der Waals surface area contributed by atoms with Gasteiger partial charge in [-0.3, -0.25) is 4.90 Å². The Morgan fingerprint density at radius 3 is 1.62 bits per heavy atom. The molecule has 4 rings (SSSR count). The van der Waals surface area contributed by atoms with Gasteiger partial charge < -0.3 is 9.97 Å². The molecule has 2 heterocycles. The fourth-order valence-corrected chi connectivity index (χ4v) is 2.30. The van der Waals surface area contributed by atoms with Crippen molar-refractivity contribution in [2.75, 3.05) is 11.9 Å². The van der Waals surface area contributed by atoms with Crippen LogP contribution < -0.4 is 4.90 Å². The van der Waals surface area contributed by atoms with Crippen molar-refractivity contribution < 1.29 is 16.8 Å². The third-order valence-corrected chi connectivity index (χ3v) is 3.39. The summed E-state index contributed by atoms with van der Waals surface area (Å²) in [5.74, 6) is 1.54. The van der Waals surface area contributed by atoms with Gasteiger partial charge in [0, 0.05) is 23.8 Å². The minimum atomic E-state index is 0. The molecule has 2 N–H and O–H groups in total. The molecule has 0 saturated heterocycles. The maximum Gasteiger partial charge on any atom is 0.210 e. The molecule has 0 saturated carbocycles. The van der Waals surface area contributed by atoms with Crippen LogP contribution >= 0.6 is 0 Å². The quantitative estimate of drug-likeness (QED) is 0.596. The summed E-state index contributed by atoms with van der Waals surface area (Å²) in [6.07, 6.45) is 0. The molecule has 4 aromatic rings. The zero-order valence-corrected chi connectivity index (χ0v) is 12.3. The number of H-pyrrole nitrogens is 2. The van der Waals surface area contributed by atoms with Crippen molar-refractivity contribution in [2.45, 2.75) is 0 Å². The van der Waals surface area contributed by atoms with Gasteiger partial charge in [0.1, 0.15) is 0 Å². The molecule has 5 nitrogen and oxygen atoms in total. The van der Waals surface area contributed by atoms with Crippen molar-refractivity contribution in [1.82, 2.24) is 19.9 Å². The van der Waals surface area contributed by atoms with Crippen molar-refractivity contribution in [1.29, 1.82) is 0 Å². The van der Waals surface area contributed by atoms with Gasteiger partial charge in [0.05, 0.1) is 22.1 Å². The Bertz CT molecular complexity index is 755. The van der Waals surface area contributed by atoms with E-state index in [1.54, 1.807) is 0 Å². The van der Waals surface area contributed by atoms with Gasteiger partial charge >= 0.3 is 0 Å². The average Bonchev–Trinajstić information content (AvgIpc) is 3.10. The Kier molecular flexibility index (Phi) is 3.40. The summed E-state index contributed by atoms with van der Waals surface area (Å²) in [6, 6.07) is 15.9. The Labute approximate surface area is 131 Å². The molecule has 0 aliphatic heterocycles. The minimum Gasteiger partial charge on any atom is -0.324 e. The molecule has 1 radical (unpaired) electrons. The molecule has 0 amide bonds. The molecule has 6 heteroatoms. The van der Waals surface area contributed by atoms with Gasteiger partial charge in [0.25, 0.3) is 0 Å². The van der Waals surface area contributed by atoms with Crippen molar-refractivity contribution in [3.8, 4) is 0 Å². The number of nitrogens with zero attached hydrogens (tertiary/aromatic N) is 3. The predicted octanol–water partition coefficient (Wildman–Crippen LogP) is 3.20. The van der Waals surface area contributed by atoms with Crippen LogP contribution in [0.4, 0.5) is 11.9 Å². The summed E-state index contributed by atoms with van der Waals surface area (Å²) in [5.41, 5.74) is 3.94. The van der Waals surface area contributed by atoms with Crippen molar-refractivity contribution >= 4 is 34.0 Å². The van der Waals surface area contributed by atoms with Crippen molar-refractivity contribution in [3.63, 3.8) is 0 Å². The summed E-state index contributed by atoms with van der Waals surface area (Å²) in [6.45, 7) is 0. The summed E-state index contributed by atoms with van der Waals surface area (Å²) < 4.78 is 0. The van der Waals surface area contributed by atoms with Gasteiger partial charge in [-0.1, -0.05) is 24.3 Å². The average molecular weight is 322 g/mol. The first-order chi connectivity index (χ1) is 9.81. The van der Waals surface area contributed by atoms with E-state index < -0.39 is 0 Å². The van der Waals surface area contributed by atoms with E-state index in [0.29, 0.717) is 0 Å². The first-order valence-electron chi connectivity index (χ1n) is 6.44. The number of para-hydroxylation sites is 4. The largest absolute Gasteiger partial charge is 0.324 e. The topological polar surface area (TPSA) is 60.6 Å². The van der Waals surface area contributed by atoms with Gasteiger partial charge in [-0.15, -0.1) is 0 Å². The van der Waals surface area contributed by atoms with Crippen LogP contribution in [0.5, 0.6) is 0 Å². The predicted molar refractivity (Wildman–Crippen MR) is 80.3 cm³/mol. The molecule has 0 aliphatic carbocycles. The van der Waals surface area contributed by atoms with Crippen molar-refractivity contribution in [2.24, 2.45) is 0 Å². The van der Waals surface area contributed by atoms with E-state index in [0.717, 1.165) is 34.0 Å². The Morgan fingerprint density at radius 2 is 1.19 bits per heavy atom. The van der Waals surface area contributed by atoms with Crippen LogP contribution in [-0.2, 0) is 16.8 Å². The number of hydrogen-bond donors (Lipinski definition) is 2. The second-order valence-electron chi connectivity index (χ2n) is 4.71. The van der Waals surface area contributed by atoms with E-state index in [2.05, 4.69) is 19.9 Å². The second-order valence-corrected chi connectivity index (χ2v) is 4.71. The van der Waals surface area contributed by atoms with E-state index >= 15 is 0 Å². The van der Waals surface area contributed by atoms with E-state index in [4.69, 9.17) is 0 Å². The zero-order valence-electron chi connectivity index (χ0n) is 11.3. The fourth-order valence-electron chi connectivity index (χ4n) is 2.30. The van der Waals surface area contributed by atoms with Gasteiger partial charge in [0.2, 0.25) is 11.9 Å². The number of rotatable bonds is 2. The van der Waals surface area contributed by atoms with Crippen LogP contribution in [0.15, 0.2) is 48.5 Å². The van der Waals surface area contributed by atoms with Crippen LogP contribution in [0.25, 0.3) is 22.1 Å². The number of aromatic amines is 2. The first kappa shape index (κ1) is 13.7. The number of nitrogens with one attached hydrogen (secondary N) is 2. The van der Waals surface area contributed by atoms with Gasteiger partial charge in [-0.2, -0.15) is 0 Å². The van der Waals surface area contributed by atoms with Crippen molar-refractivity contribution in [3.05, 3.63) is 48.5 Å². The van der Waals surface area contributed by atoms with Crippen LogP contribution in [0.3, 0.4) is 0 Å². The van der Waals surface area contributed by atoms with Crippen LogP contribution in [0.2, 0.25) is 0 Å². The standard InChI is InChI=1S/C15H13N5.Co/c1-20(14-16-10-6-2-3-7-11(10)17-14)15-18-12-8-4-5-9-13(12)19-15;/h2-9H,1H3,(H,16,17)(H,18,19);. The number of hydrogen-bond acceptors (Lipinski definition) is 3. The zero-order chi connectivity index (χ0) is 13.5. The second kappa shape index (κ2) is 5.23. The molecule has 107 valence electrons. The molecule has 2 aromatic heterocycles. The van der Waals surface area contributed by atoms with Crippen LogP contribution in [-0.4, -0.2) is 27.0 Å². The fraction of sp³-hybridized carbons (Fsp3) is 0.0667.